The van der Waals surface area contributed by atoms with Crippen molar-refractivity contribution in [1.82, 2.24) is 0 Å². The third-order valence-electron chi connectivity index (χ3n) is 3.78. The highest BCUT2D eigenvalue weighted by atomic mass is 35.5. The number of carbonyl (C=O) groups is 3. The Kier molecular flexibility index (Phi) is 7.37. The van der Waals surface area contributed by atoms with Crippen LogP contribution in [-0.4, -0.2) is 30.9 Å². The van der Waals surface area contributed by atoms with Crippen molar-refractivity contribution in [2.24, 2.45) is 0 Å². The summed E-state index contributed by atoms with van der Waals surface area (Å²) in [4.78, 5) is 37.3. The van der Waals surface area contributed by atoms with Gasteiger partial charge in [0.25, 0.3) is 0 Å². The Morgan fingerprint density at radius 3 is 2.33 bits per heavy atom. The van der Waals surface area contributed by atoms with E-state index in [4.69, 9.17) is 16.3 Å². The lowest BCUT2D eigenvalue weighted by Crippen LogP contribution is -2.32. The molecule has 0 aliphatic carbocycles. The van der Waals surface area contributed by atoms with Crippen LogP contribution in [0.3, 0.4) is 0 Å². The molecule has 7 heteroatoms. The van der Waals surface area contributed by atoms with E-state index < -0.39 is 5.97 Å². The number of nitrogens with one attached hydrogen (secondary N) is 1. The van der Waals surface area contributed by atoms with E-state index in [-0.39, 0.29) is 24.8 Å². The van der Waals surface area contributed by atoms with Crippen molar-refractivity contribution in [3.8, 4) is 0 Å². The highest BCUT2D eigenvalue weighted by Gasteiger charge is 2.15. The van der Waals surface area contributed by atoms with Crippen LogP contribution < -0.4 is 10.2 Å². The molecule has 0 saturated carbocycles. The van der Waals surface area contributed by atoms with Crippen LogP contribution in [0.2, 0.25) is 5.02 Å². The molecule has 2 rings (SSSR count). The van der Waals surface area contributed by atoms with Crippen LogP contribution in [0.15, 0.2) is 48.5 Å². The fourth-order valence-electron chi connectivity index (χ4n) is 2.45. The zero-order valence-corrected chi connectivity index (χ0v) is 16.0. The van der Waals surface area contributed by atoms with Gasteiger partial charge in [0.2, 0.25) is 11.8 Å². The van der Waals surface area contributed by atoms with Gasteiger partial charge in [0.15, 0.2) is 0 Å². The van der Waals surface area contributed by atoms with Crippen molar-refractivity contribution >= 4 is 40.8 Å². The number of esters is 1. The second-order valence-corrected chi connectivity index (χ2v) is 6.12. The number of rotatable bonds is 7. The molecule has 0 radical (unpaired) electrons. The quantitative estimate of drug-likeness (QED) is 0.730. The third kappa shape index (κ3) is 5.82. The van der Waals surface area contributed by atoms with Crippen molar-refractivity contribution < 1.29 is 19.1 Å². The Morgan fingerprint density at radius 2 is 1.74 bits per heavy atom. The molecule has 0 saturated heterocycles. The Labute approximate surface area is 163 Å². The Bertz CT molecular complexity index is 821. The summed E-state index contributed by atoms with van der Waals surface area (Å²) in [6.45, 7) is 3.65. The van der Waals surface area contributed by atoms with E-state index in [2.05, 4.69) is 5.32 Å². The van der Waals surface area contributed by atoms with Gasteiger partial charge in [-0.15, -0.1) is 0 Å². The molecule has 1 N–H and O–H groups in total. The predicted octanol–water partition coefficient (Wildman–Crippen LogP) is 3.90. The molecule has 0 spiro atoms. The topological polar surface area (TPSA) is 75.7 Å². The highest BCUT2D eigenvalue weighted by Crippen LogP contribution is 2.21. The van der Waals surface area contributed by atoms with Gasteiger partial charge in [-0.05, 0) is 43.3 Å². The van der Waals surface area contributed by atoms with Gasteiger partial charge in [-0.1, -0.05) is 23.7 Å². The number of hydrogen-bond acceptors (Lipinski definition) is 4. The SMILES string of the molecule is CCOC(=O)c1ccc(N(CCC(=O)Nc2ccccc2Cl)C(C)=O)cc1. The van der Waals surface area contributed by atoms with E-state index in [1.165, 1.54) is 11.8 Å². The van der Waals surface area contributed by atoms with Gasteiger partial charge in [0, 0.05) is 25.6 Å². The summed E-state index contributed by atoms with van der Waals surface area (Å²) in [6.07, 6.45) is 0.102. The average molecular weight is 389 g/mol. The van der Waals surface area contributed by atoms with Gasteiger partial charge < -0.3 is 15.0 Å². The molecule has 0 bridgehead atoms. The number of hydrogen-bond donors (Lipinski definition) is 1. The van der Waals surface area contributed by atoms with Crippen LogP contribution in [0, 0.1) is 0 Å². The fraction of sp³-hybridized carbons (Fsp3) is 0.250. The minimum Gasteiger partial charge on any atom is -0.462 e. The van der Waals surface area contributed by atoms with Crippen LogP contribution in [0.4, 0.5) is 11.4 Å². The van der Waals surface area contributed by atoms with Crippen molar-refractivity contribution in [2.45, 2.75) is 20.3 Å². The lowest BCUT2D eigenvalue weighted by atomic mass is 10.2. The summed E-state index contributed by atoms with van der Waals surface area (Å²) >= 11 is 6.02. The fourth-order valence-corrected chi connectivity index (χ4v) is 2.63. The maximum absolute atomic E-state index is 12.2. The molecule has 27 heavy (non-hydrogen) atoms. The van der Waals surface area contributed by atoms with Gasteiger partial charge in [0.05, 0.1) is 22.9 Å². The molecule has 0 aliphatic heterocycles. The third-order valence-corrected chi connectivity index (χ3v) is 4.11. The Hall–Kier alpha value is -2.86. The second-order valence-electron chi connectivity index (χ2n) is 5.72. The van der Waals surface area contributed by atoms with Gasteiger partial charge in [0.1, 0.15) is 0 Å². The predicted molar refractivity (Wildman–Crippen MR) is 105 cm³/mol. The summed E-state index contributed by atoms with van der Waals surface area (Å²) in [5.41, 5.74) is 1.53. The van der Waals surface area contributed by atoms with Crippen LogP contribution in [-0.2, 0) is 14.3 Å². The first kappa shape index (κ1) is 20.5. The average Bonchev–Trinajstić information content (AvgIpc) is 2.64. The molecule has 2 aromatic rings. The number of amides is 2. The van der Waals surface area contributed by atoms with Gasteiger partial charge >= 0.3 is 5.97 Å². The summed E-state index contributed by atoms with van der Waals surface area (Å²) in [5.74, 6) is -0.875. The van der Waals surface area contributed by atoms with Crippen LogP contribution in [0.5, 0.6) is 0 Å². The lowest BCUT2D eigenvalue weighted by molar-refractivity contribution is -0.117. The van der Waals surface area contributed by atoms with Crippen LogP contribution in [0.25, 0.3) is 0 Å². The number of anilines is 2. The van der Waals surface area contributed by atoms with Crippen LogP contribution in [0.1, 0.15) is 30.6 Å². The van der Waals surface area contributed by atoms with E-state index in [1.54, 1.807) is 55.5 Å². The summed E-state index contributed by atoms with van der Waals surface area (Å²) in [6, 6.07) is 13.4. The zero-order chi connectivity index (χ0) is 19.8. The zero-order valence-electron chi connectivity index (χ0n) is 15.2. The number of nitrogens with zero attached hydrogens (tertiary/aromatic N) is 1. The largest absolute Gasteiger partial charge is 0.462 e. The molecule has 0 aliphatic rings. The number of carbonyl (C=O) groups excluding carboxylic acids is 3. The van der Waals surface area contributed by atoms with Crippen molar-refractivity contribution in [2.75, 3.05) is 23.4 Å². The first-order valence-corrected chi connectivity index (χ1v) is 8.89. The maximum atomic E-state index is 12.2. The molecule has 0 heterocycles. The molecule has 0 unspecified atom stereocenters. The van der Waals surface area contributed by atoms with Crippen molar-refractivity contribution in [3.05, 3.63) is 59.1 Å². The van der Waals surface area contributed by atoms with E-state index in [0.29, 0.717) is 28.6 Å². The van der Waals surface area contributed by atoms with Crippen molar-refractivity contribution in [3.63, 3.8) is 0 Å². The van der Waals surface area contributed by atoms with Gasteiger partial charge in [-0.2, -0.15) is 0 Å². The summed E-state index contributed by atoms with van der Waals surface area (Å²) in [7, 11) is 0. The molecule has 2 amide bonds. The number of halogens is 1. The molecule has 6 nitrogen and oxygen atoms in total. The number of para-hydroxylation sites is 1. The van der Waals surface area contributed by atoms with Crippen molar-refractivity contribution in [1.29, 1.82) is 0 Å². The van der Waals surface area contributed by atoms with E-state index >= 15 is 0 Å². The molecular formula is C20H21ClN2O4. The van der Waals surface area contributed by atoms with E-state index in [9.17, 15) is 14.4 Å². The van der Waals surface area contributed by atoms with E-state index in [1.807, 2.05) is 0 Å². The second kappa shape index (κ2) is 9.73. The summed E-state index contributed by atoms with van der Waals surface area (Å²) < 4.78 is 4.94. The molecule has 0 aromatic heterocycles. The first-order chi connectivity index (χ1) is 12.9. The number of benzene rings is 2. The molecule has 2 aromatic carbocycles. The summed E-state index contributed by atoms with van der Waals surface area (Å²) in [5, 5.41) is 3.17. The molecular weight excluding hydrogens is 368 g/mol. The lowest BCUT2D eigenvalue weighted by Gasteiger charge is -2.21. The number of ether oxygens (including phenoxy) is 1. The molecule has 0 atom stereocenters. The monoisotopic (exact) mass is 388 g/mol. The van der Waals surface area contributed by atoms with Gasteiger partial charge in [-0.3, -0.25) is 9.59 Å². The maximum Gasteiger partial charge on any atom is 0.338 e. The van der Waals surface area contributed by atoms with Crippen LogP contribution >= 0.6 is 11.6 Å². The standard InChI is InChI=1S/C20H21ClN2O4/c1-3-27-20(26)15-8-10-16(11-9-15)23(14(2)24)13-12-19(25)22-18-7-5-4-6-17(18)21/h4-11H,3,12-13H2,1-2H3,(H,22,25). The smallest absolute Gasteiger partial charge is 0.338 e. The van der Waals surface area contributed by atoms with Gasteiger partial charge in [-0.25, -0.2) is 4.79 Å². The molecule has 142 valence electrons. The minimum absolute atomic E-state index is 0.102. The molecule has 0 fully saturated rings. The normalized spacial score (nSPS) is 10.2. The minimum atomic E-state index is -0.419. The first-order valence-electron chi connectivity index (χ1n) is 8.52. The Balaban J connectivity index is 2.01. The Morgan fingerprint density at radius 1 is 1.07 bits per heavy atom. The van der Waals surface area contributed by atoms with E-state index in [0.717, 1.165) is 0 Å². The highest BCUT2D eigenvalue weighted by molar-refractivity contribution is 6.33.